The standard InChI is InChI=1S/C10H19N2.C10H22N.C6H11N2.C2H3F3NO4S2.2F6P/c1-3-4-5-6-7-12-9-8-11(2)10-12;1-3-4-8-11(2)9-6-5-7-10-11;1-3-8-5-4-7(2)6-8;1-11(7,8)6-12(9,10)2(3,4)5;2*1-7(2,3,4,5)6/h8-10H,3-7H2,1-2H3;3-10H2,1-2H3;4-6H,3H2,1-2H3;1H3;;/q3*+1;3*-1. The van der Waals surface area contributed by atoms with Gasteiger partial charge >= 0.3 is 71.5 Å². The molecule has 0 spiro atoms. The normalized spacial score (nSPS) is 16.9. The number of hydrogen-bond acceptors (Lipinski definition) is 4. The van der Waals surface area contributed by atoms with E-state index in [1.54, 1.807) is 4.13 Å². The van der Waals surface area contributed by atoms with Crippen LogP contribution in [0.1, 0.15) is 78.6 Å². The number of quaternary nitrogens is 1. The molecule has 348 valence electrons. The van der Waals surface area contributed by atoms with Crippen molar-refractivity contribution in [1.29, 1.82) is 0 Å². The van der Waals surface area contributed by atoms with Gasteiger partial charge in [0.15, 0.2) is 10.0 Å². The van der Waals surface area contributed by atoms with Crippen LogP contribution in [-0.4, -0.2) is 68.9 Å². The first-order chi connectivity index (χ1) is 24.8. The molecule has 0 radical (unpaired) electrons. The van der Waals surface area contributed by atoms with Crippen LogP contribution in [0.4, 0.5) is 63.5 Å². The summed E-state index contributed by atoms with van der Waals surface area (Å²) < 4.78 is 204. The molecular formula is C28H55F15N6O4P2S2. The molecule has 0 bridgehead atoms. The van der Waals surface area contributed by atoms with Gasteiger partial charge in [-0.05, 0) is 45.4 Å². The van der Waals surface area contributed by atoms with Crippen LogP contribution in [0.3, 0.4) is 0 Å². The number of piperidine rings is 1. The summed E-state index contributed by atoms with van der Waals surface area (Å²) in [5.41, 5.74) is -5.67. The third kappa shape index (κ3) is 50.1. The van der Waals surface area contributed by atoms with Crippen molar-refractivity contribution in [3.8, 4) is 0 Å². The van der Waals surface area contributed by atoms with Crippen molar-refractivity contribution in [3.63, 3.8) is 0 Å². The number of alkyl halides is 3. The van der Waals surface area contributed by atoms with Crippen molar-refractivity contribution < 1.29 is 94.0 Å². The van der Waals surface area contributed by atoms with Crippen molar-refractivity contribution in [2.24, 2.45) is 14.1 Å². The van der Waals surface area contributed by atoms with Gasteiger partial charge in [0.05, 0.1) is 63.9 Å². The van der Waals surface area contributed by atoms with Gasteiger partial charge in [-0.2, -0.15) is 13.2 Å². The first-order valence-corrected chi connectivity index (χ1v) is 24.4. The Balaban J connectivity index is -0.000000623. The molecule has 0 saturated carbocycles. The van der Waals surface area contributed by atoms with E-state index in [9.17, 15) is 80.4 Å². The maximum absolute atomic E-state index is 11.4. The molecular weight excluding hydrogens is 895 g/mol. The fourth-order valence-electron chi connectivity index (χ4n) is 4.30. The summed E-state index contributed by atoms with van der Waals surface area (Å²) in [5.74, 6) is 0. The number of sulfonamides is 2. The van der Waals surface area contributed by atoms with Crippen LogP contribution in [0.25, 0.3) is 4.13 Å². The van der Waals surface area contributed by atoms with Crippen LogP contribution in [0.15, 0.2) is 37.4 Å². The number of rotatable bonds is 11. The van der Waals surface area contributed by atoms with Gasteiger partial charge in [-0.25, -0.2) is 35.1 Å². The van der Waals surface area contributed by atoms with Gasteiger partial charge in [-0.15, -0.1) is 0 Å². The number of aryl methyl sites for hydroxylation is 4. The second kappa shape index (κ2) is 21.0. The Labute approximate surface area is 324 Å². The first-order valence-electron chi connectivity index (χ1n) is 17.0. The van der Waals surface area contributed by atoms with Crippen LogP contribution in [0.2, 0.25) is 0 Å². The zero-order valence-corrected chi connectivity index (χ0v) is 36.0. The third-order valence-corrected chi connectivity index (χ3v) is 9.21. The average molecular weight is 951 g/mol. The van der Waals surface area contributed by atoms with E-state index in [0.29, 0.717) is 0 Å². The van der Waals surface area contributed by atoms with Crippen LogP contribution in [-0.2, 0) is 47.2 Å². The average Bonchev–Trinajstić information content (AvgIpc) is 3.58. The molecule has 2 aromatic heterocycles. The Morgan fingerprint density at radius 2 is 1.05 bits per heavy atom. The van der Waals surface area contributed by atoms with Gasteiger partial charge in [0.1, 0.15) is 24.8 Å². The summed E-state index contributed by atoms with van der Waals surface area (Å²) in [7, 11) is -25.3. The minimum absolute atomic E-state index is 0.246. The van der Waals surface area contributed by atoms with Gasteiger partial charge in [0, 0.05) is 6.26 Å². The predicted octanol–water partition coefficient (Wildman–Crippen LogP) is 11.6. The molecule has 0 N–H and O–H groups in total. The van der Waals surface area contributed by atoms with Crippen LogP contribution in [0, 0.1) is 0 Å². The van der Waals surface area contributed by atoms with Gasteiger partial charge in [-0.3, -0.25) is 0 Å². The molecule has 0 amide bonds. The number of likely N-dealkylation sites (tertiary alicyclic amines) is 1. The molecule has 29 heteroatoms. The van der Waals surface area contributed by atoms with E-state index in [2.05, 4.69) is 79.8 Å². The van der Waals surface area contributed by atoms with Crippen LogP contribution in [0.5, 0.6) is 0 Å². The van der Waals surface area contributed by atoms with E-state index in [0.717, 1.165) is 6.54 Å². The molecule has 1 fully saturated rings. The Kier molecular flexibility index (Phi) is 21.9. The van der Waals surface area contributed by atoms with Gasteiger partial charge in [0.2, 0.25) is 12.7 Å². The third-order valence-electron chi connectivity index (χ3n) is 6.76. The Hall–Kier alpha value is -1.95. The molecule has 57 heavy (non-hydrogen) atoms. The quantitative estimate of drug-likeness (QED) is 0.0736. The van der Waals surface area contributed by atoms with E-state index in [4.69, 9.17) is 0 Å². The van der Waals surface area contributed by atoms with Gasteiger partial charge < -0.3 is 8.61 Å². The molecule has 1 saturated heterocycles. The Bertz CT molecular complexity index is 1610. The molecule has 1 aliphatic rings. The van der Waals surface area contributed by atoms with Crippen molar-refractivity contribution in [1.82, 2.24) is 9.13 Å². The van der Waals surface area contributed by atoms with E-state index in [-0.39, 0.29) is 6.26 Å². The summed E-state index contributed by atoms with van der Waals surface area (Å²) in [6, 6.07) is 0. The summed E-state index contributed by atoms with van der Waals surface area (Å²) in [6.07, 6.45) is 25.2. The number of halogens is 15. The SMILES string of the molecule is CCCCCCn1cc[n+](C)c1.CCCC[N+]1(C)CCCCC1.CCn1cc[n+](C)c1.CS(=O)(=O)[N-]S(=O)(=O)C(F)(F)F.F[P-](F)(F)(F)(F)F.F[P-](F)(F)(F)(F)F. The van der Waals surface area contributed by atoms with Crippen molar-refractivity contribution in [2.45, 2.75) is 97.2 Å². The number of nitrogens with zero attached hydrogens (tertiary/aromatic N) is 6. The van der Waals surface area contributed by atoms with Crippen molar-refractivity contribution in [2.75, 3.05) is 32.9 Å². The summed E-state index contributed by atoms with van der Waals surface area (Å²) in [4.78, 5) is 0. The van der Waals surface area contributed by atoms with E-state index in [1.807, 2.05) is 17.8 Å². The molecule has 0 aliphatic carbocycles. The topological polar surface area (TPSA) is 100 Å². The minimum atomic E-state index is -10.7. The number of aromatic nitrogens is 4. The summed E-state index contributed by atoms with van der Waals surface area (Å²) >= 11 is 0. The fourth-order valence-corrected chi connectivity index (χ4v) is 6.07. The summed E-state index contributed by atoms with van der Waals surface area (Å²) in [5, 5.41) is 0. The molecule has 2 aromatic rings. The van der Waals surface area contributed by atoms with Gasteiger partial charge in [-0.1, -0.05) is 33.1 Å². The molecule has 0 unspecified atom stereocenters. The molecule has 3 heterocycles. The molecule has 0 atom stereocenters. The zero-order chi connectivity index (χ0) is 46.0. The second-order valence-electron chi connectivity index (χ2n) is 13.1. The molecule has 1 aliphatic heterocycles. The Morgan fingerprint density at radius 1 is 0.667 bits per heavy atom. The Morgan fingerprint density at radius 3 is 1.32 bits per heavy atom. The first kappa shape index (κ1) is 59.4. The number of imidazole rings is 2. The van der Waals surface area contributed by atoms with Gasteiger partial charge in [0.25, 0.3) is 0 Å². The fraction of sp³-hybridized carbons (Fsp3) is 0.786. The van der Waals surface area contributed by atoms with Crippen molar-refractivity contribution >= 4 is 35.7 Å². The predicted molar refractivity (Wildman–Crippen MR) is 191 cm³/mol. The maximum atomic E-state index is 11.4. The molecule has 10 nitrogen and oxygen atoms in total. The van der Waals surface area contributed by atoms with E-state index in [1.165, 1.54) is 88.4 Å². The summed E-state index contributed by atoms with van der Waals surface area (Å²) in [6.45, 7) is 13.2. The monoisotopic (exact) mass is 950 g/mol. The van der Waals surface area contributed by atoms with Crippen LogP contribution >= 0.6 is 15.6 Å². The van der Waals surface area contributed by atoms with Crippen molar-refractivity contribution in [3.05, 3.63) is 41.6 Å². The van der Waals surface area contributed by atoms with E-state index < -0.39 is 41.2 Å². The van der Waals surface area contributed by atoms with E-state index >= 15 is 0 Å². The second-order valence-corrected chi connectivity index (χ2v) is 20.4. The molecule has 0 aromatic carbocycles. The van der Waals surface area contributed by atoms with Crippen LogP contribution < -0.4 is 9.13 Å². The number of hydrogen-bond donors (Lipinski definition) is 0. The molecule has 3 rings (SSSR count). The number of unbranched alkanes of at least 4 members (excludes halogenated alkanes) is 4. The zero-order valence-electron chi connectivity index (χ0n) is 32.6.